The number of hydrogen-bond acceptors (Lipinski definition) is 6. The molecule has 1 unspecified atom stereocenters. The van der Waals surface area contributed by atoms with Crippen LogP contribution in [0.2, 0.25) is 0 Å². The van der Waals surface area contributed by atoms with E-state index in [1.165, 1.54) is 18.2 Å². The Morgan fingerprint density at radius 1 is 1.19 bits per heavy atom. The zero-order valence-electron chi connectivity index (χ0n) is 15.7. The van der Waals surface area contributed by atoms with Gasteiger partial charge in [0.2, 0.25) is 0 Å². The van der Waals surface area contributed by atoms with E-state index >= 15 is 0 Å². The highest BCUT2D eigenvalue weighted by Gasteiger charge is 2.38. The molecule has 0 aliphatic rings. The number of halogens is 4. The van der Waals surface area contributed by atoms with Crippen LogP contribution in [0.1, 0.15) is 27.0 Å². The summed E-state index contributed by atoms with van der Waals surface area (Å²) in [6, 6.07) is 6.78. The topological polar surface area (TPSA) is 151 Å². The Kier molecular flexibility index (Phi) is 8.67. The maximum atomic E-state index is 13.9. The molecule has 0 aliphatic heterocycles. The lowest BCUT2D eigenvalue weighted by molar-refractivity contribution is -0.192. The van der Waals surface area contributed by atoms with E-state index in [1.807, 2.05) is 0 Å². The Hall–Kier alpha value is -3.48. The molecule has 0 saturated carbocycles. The second-order valence-electron chi connectivity index (χ2n) is 5.96. The average Bonchev–Trinajstić information content (AvgIpc) is 3.11. The summed E-state index contributed by atoms with van der Waals surface area (Å²) in [5.41, 5.74) is 5.45. The summed E-state index contributed by atoms with van der Waals surface area (Å²) in [6.45, 7) is 1.58. The van der Waals surface area contributed by atoms with Crippen molar-refractivity contribution in [3.63, 3.8) is 0 Å². The lowest BCUT2D eigenvalue weighted by Crippen LogP contribution is -2.21. The molecule has 1 aromatic heterocycles. The SMILES string of the molecule is CC(Cc1ccc(C(=O)Oc2ccc(C(=N)N)cc2F)s1)C(=O)O.O=C(O)C(F)(F)F. The fourth-order valence-corrected chi connectivity index (χ4v) is 2.90. The van der Waals surface area contributed by atoms with E-state index in [4.69, 9.17) is 30.9 Å². The van der Waals surface area contributed by atoms with Gasteiger partial charge in [-0.1, -0.05) is 6.92 Å². The van der Waals surface area contributed by atoms with Gasteiger partial charge in [-0.05, 0) is 36.8 Å². The minimum Gasteiger partial charge on any atom is -0.481 e. The molecular formula is C18H16F4N2O6S. The first-order valence-corrected chi connectivity index (χ1v) is 9.01. The van der Waals surface area contributed by atoms with Crippen LogP contribution < -0.4 is 10.5 Å². The van der Waals surface area contributed by atoms with Gasteiger partial charge in [0.25, 0.3) is 0 Å². The minimum atomic E-state index is -5.08. The summed E-state index contributed by atoms with van der Waals surface area (Å²) in [5, 5.41) is 23.2. The van der Waals surface area contributed by atoms with Crippen molar-refractivity contribution in [3.8, 4) is 5.75 Å². The van der Waals surface area contributed by atoms with Gasteiger partial charge in [-0.25, -0.2) is 14.0 Å². The quantitative estimate of drug-likeness (QED) is 0.168. The fraction of sp³-hybridized carbons (Fsp3) is 0.222. The average molecular weight is 464 g/mol. The number of aliphatic carboxylic acids is 2. The van der Waals surface area contributed by atoms with E-state index in [1.54, 1.807) is 13.0 Å². The van der Waals surface area contributed by atoms with Crippen molar-refractivity contribution in [3.05, 3.63) is 51.5 Å². The number of carbonyl (C=O) groups excluding carboxylic acids is 1. The van der Waals surface area contributed by atoms with Crippen molar-refractivity contribution >= 4 is 35.1 Å². The summed E-state index contributed by atoms with van der Waals surface area (Å²) in [5.74, 6) is -6.33. The van der Waals surface area contributed by atoms with Crippen molar-refractivity contribution in [2.24, 2.45) is 11.7 Å². The molecule has 2 rings (SSSR count). The Labute approximate surface area is 176 Å². The number of nitrogens with one attached hydrogen (secondary N) is 1. The number of hydrogen-bond donors (Lipinski definition) is 4. The zero-order valence-corrected chi connectivity index (χ0v) is 16.5. The van der Waals surface area contributed by atoms with E-state index < -0.39 is 35.8 Å². The number of esters is 1. The molecule has 8 nitrogen and oxygen atoms in total. The standard InChI is InChI=1S/C16H15FN2O4S.C2HF3O2/c1-8(15(20)21)6-10-3-5-13(24-10)16(22)23-12-4-2-9(14(18)19)7-11(12)17;3-2(4,5)1(6)7/h2-5,7-8H,6H2,1H3,(H3,18,19)(H,20,21);(H,6,7). The molecule has 1 atom stereocenters. The summed E-state index contributed by atoms with van der Waals surface area (Å²) in [7, 11) is 0. The molecule has 0 fully saturated rings. The van der Waals surface area contributed by atoms with Gasteiger partial charge in [0.1, 0.15) is 10.7 Å². The number of rotatable bonds is 6. The lowest BCUT2D eigenvalue weighted by Gasteiger charge is -2.06. The number of carboxylic acids is 2. The summed E-state index contributed by atoms with van der Waals surface area (Å²) >= 11 is 1.11. The highest BCUT2D eigenvalue weighted by molar-refractivity contribution is 7.13. The van der Waals surface area contributed by atoms with Crippen molar-refractivity contribution in [2.75, 3.05) is 0 Å². The largest absolute Gasteiger partial charge is 0.490 e. The molecule has 0 bridgehead atoms. The van der Waals surface area contributed by atoms with Crippen molar-refractivity contribution in [1.29, 1.82) is 5.41 Å². The van der Waals surface area contributed by atoms with Crippen LogP contribution in [0.5, 0.6) is 5.75 Å². The normalized spacial score (nSPS) is 11.6. The monoisotopic (exact) mass is 464 g/mol. The first-order valence-electron chi connectivity index (χ1n) is 8.20. The summed E-state index contributed by atoms with van der Waals surface area (Å²) in [4.78, 5) is 32.8. The van der Waals surface area contributed by atoms with Crippen LogP contribution in [0.25, 0.3) is 0 Å². The predicted octanol–water partition coefficient (Wildman–Crippen LogP) is 3.29. The van der Waals surface area contributed by atoms with Gasteiger partial charge < -0.3 is 20.7 Å². The van der Waals surface area contributed by atoms with Crippen molar-refractivity contribution in [1.82, 2.24) is 0 Å². The van der Waals surface area contributed by atoms with E-state index in [2.05, 4.69) is 0 Å². The number of thiophene rings is 1. The lowest BCUT2D eigenvalue weighted by atomic mass is 10.1. The molecule has 0 aliphatic carbocycles. The second kappa shape index (κ2) is 10.5. The maximum absolute atomic E-state index is 13.9. The fourth-order valence-electron chi connectivity index (χ4n) is 1.89. The molecule has 0 radical (unpaired) electrons. The molecule has 13 heteroatoms. The molecular weight excluding hydrogens is 448 g/mol. The number of carbonyl (C=O) groups is 3. The predicted molar refractivity (Wildman–Crippen MR) is 101 cm³/mol. The third-order valence-corrected chi connectivity index (χ3v) is 4.57. The van der Waals surface area contributed by atoms with Crippen LogP contribution in [-0.4, -0.2) is 40.1 Å². The maximum Gasteiger partial charge on any atom is 0.490 e. The summed E-state index contributed by atoms with van der Waals surface area (Å²) < 4.78 is 50.6. The highest BCUT2D eigenvalue weighted by Crippen LogP contribution is 2.24. The van der Waals surface area contributed by atoms with Crippen molar-refractivity contribution in [2.45, 2.75) is 19.5 Å². The van der Waals surface area contributed by atoms with Crippen LogP contribution in [0, 0.1) is 17.1 Å². The van der Waals surface area contributed by atoms with Crippen LogP contribution in [0.15, 0.2) is 30.3 Å². The number of amidine groups is 1. The van der Waals surface area contributed by atoms with Gasteiger partial charge in [0.05, 0.1) is 5.92 Å². The number of nitrogen functional groups attached to an aromatic ring is 1. The Balaban J connectivity index is 0.000000592. The molecule has 168 valence electrons. The first kappa shape index (κ1) is 25.6. The molecule has 2 aromatic rings. The van der Waals surface area contributed by atoms with Crippen LogP contribution in [0.4, 0.5) is 17.6 Å². The molecule has 31 heavy (non-hydrogen) atoms. The molecule has 1 heterocycles. The van der Waals surface area contributed by atoms with Crippen LogP contribution in [0.3, 0.4) is 0 Å². The Morgan fingerprint density at radius 2 is 1.77 bits per heavy atom. The zero-order chi connectivity index (χ0) is 23.9. The van der Waals surface area contributed by atoms with Crippen LogP contribution >= 0.6 is 11.3 Å². The van der Waals surface area contributed by atoms with Gasteiger partial charge in [-0.3, -0.25) is 10.2 Å². The van der Waals surface area contributed by atoms with Gasteiger partial charge in [-0.2, -0.15) is 13.2 Å². The molecule has 5 N–H and O–H groups in total. The second-order valence-corrected chi connectivity index (χ2v) is 7.13. The number of nitrogens with two attached hydrogens (primary N) is 1. The molecule has 0 spiro atoms. The van der Waals surface area contributed by atoms with Crippen molar-refractivity contribution < 1.29 is 46.9 Å². The van der Waals surface area contributed by atoms with Gasteiger partial charge in [-0.15, -0.1) is 11.3 Å². The van der Waals surface area contributed by atoms with E-state index in [-0.39, 0.29) is 22.0 Å². The van der Waals surface area contributed by atoms with E-state index in [9.17, 15) is 27.2 Å². The smallest absolute Gasteiger partial charge is 0.481 e. The summed E-state index contributed by atoms with van der Waals surface area (Å²) in [6.07, 6.45) is -4.78. The molecule has 0 saturated heterocycles. The molecule has 1 aromatic carbocycles. The third kappa shape index (κ3) is 8.04. The number of benzene rings is 1. The van der Waals surface area contributed by atoms with Gasteiger partial charge >= 0.3 is 24.1 Å². The van der Waals surface area contributed by atoms with Gasteiger partial charge in [0.15, 0.2) is 11.6 Å². The van der Waals surface area contributed by atoms with E-state index in [0.717, 1.165) is 22.3 Å². The molecule has 0 amide bonds. The number of carboxylic acid groups (broad SMARTS) is 2. The number of alkyl halides is 3. The Bertz CT molecular complexity index is 990. The minimum absolute atomic E-state index is 0.188. The first-order chi connectivity index (χ1) is 14.2. The van der Waals surface area contributed by atoms with E-state index in [0.29, 0.717) is 6.42 Å². The third-order valence-electron chi connectivity index (χ3n) is 3.48. The Morgan fingerprint density at radius 3 is 2.23 bits per heavy atom. The highest BCUT2D eigenvalue weighted by atomic mass is 32.1. The van der Waals surface area contributed by atoms with Crippen LogP contribution in [-0.2, 0) is 16.0 Å². The number of ether oxygens (including phenoxy) is 1. The van der Waals surface area contributed by atoms with Gasteiger partial charge in [0, 0.05) is 10.4 Å².